The molecule has 1 unspecified atom stereocenters. The molecule has 0 spiro atoms. The van der Waals surface area contributed by atoms with Crippen molar-refractivity contribution in [1.82, 2.24) is 15.3 Å². The number of thiazole rings is 1. The number of fused-ring (bicyclic) bond motifs is 1. The maximum Gasteiger partial charge on any atom is 0.111 e. The average Bonchev–Trinajstić information content (AvgIpc) is 2.92. The minimum Gasteiger partial charge on any atom is -0.308 e. The molecule has 1 aromatic carbocycles. The van der Waals surface area contributed by atoms with Crippen LogP contribution in [0.15, 0.2) is 48.8 Å². The van der Waals surface area contributed by atoms with Crippen LogP contribution in [0.1, 0.15) is 23.5 Å². The predicted octanol–water partition coefficient (Wildman–Crippen LogP) is 3.58. The number of nitrogens with one attached hydrogen (secondary N) is 1. The first-order chi connectivity index (χ1) is 9.86. The molecule has 0 bridgehead atoms. The summed E-state index contributed by atoms with van der Waals surface area (Å²) in [5.41, 5.74) is 2.32. The van der Waals surface area contributed by atoms with Crippen LogP contribution >= 0.6 is 11.3 Å². The summed E-state index contributed by atoms with van der Waals surface area (Å²) in [5.74, 6) is 0. The zero-order valence-corrected chi connectivity index (χ0v) is 12.2. The van der Waals surface area contributed by atoms with Crippen LogP contribution in [0.2, 0.25) is 0 Å². The Morgan fingerprint density at radius 1 is 1.20 bits per heavy atom. The molecule has 2 aromatic heterocycles. The minimum absolute atomic E-state index is 0.251. The van der Waals surface area contributed by atoms with Gasteiger partial charge in [-0.3, -0.25) is 4.98 Å². The second kappa shape index (κ2) is 6.11. The lowest BCUT2D eigenvalue weighted by Gasteiger charge is -2.15. The number of likely N-dealkylation sites (N-methyl/N-ethyl adjacent to an activating group) is 1. The van der Waals surface area contributed by atoms with E-state index in [1.807, 2.05) is 24.5 Å². The molecule has 0 fully saturated rings. The molecule has 0 radical (unpaired) electrons. The highest BCUT2D eigenvalue weighted by molar-refractivity contribution is 7.18. The molecular formula is C16H17N3S. The first-order valence-electron chi connectivity index (χ1n) is 6.84. The van der Waals surface area contributed by atoms with Gasteiger partial charge in [0.25, 0.3) is 0 Å². The molecule has 3 nitrogen and oxygen atoms in total. The van der Waals surface area contributed by atoms with Crippen molar-refractivity contribution in [2.24, 2.45) is 0 Å². The van der Waals surface area contributed by atoms with E-state index in [-0.39, 0.29) is 6.04 Å². The maximum absolute atomic E-state index is 4.76. The quantitative estimate of drug-likeness (QED) is 0.777. The Balaban J connectivity index is 1.89. The van der Waals surface area contributed by atoms with Crippen molar-refractivity contribution in [3.63, 3.8) is 0 Å². The van der Waals surface area contributed by atoms with Crippen molar-refractivity contribution in [3.05, 3.63) is 59.4 Å². The van der Waals surface area contributed by atoms with Crippen LogP contribution in [0.4, 0.5) is 0 Å². The Labute approximate surface area is 122 Å². The van der Waals surface area contributed by atoms with Crippen molar-refractivity contribution in [2.45, 2.75) is 19.4 Å². The van der Waals surface area contributed by atoms with Gasteiger partial charge in [0.05, 0.1) is 16.3 Å². The van der Waals surface area contributed by atoms with Crippen LogP contribution in [-0.2, 0) is 6.42 Å². The van der Waals surface area contributed by atoms with Crippen molar-refractivity contribution < 1.29 is 0 Å². The molecule has 4 heteroatoms. The molecule has 0 saturated heterocycles. The van der Waals surface area contributed by atoms with Crippen molar-refractivity contribution in [1.29, 1.82) is 0 Å². The van der Waals surface area contributed by atoms with Crippen LogP contribution in [0, 0.1) is 0 Å². The molecule has 1 N–H and O–H groups in total. The van der Waals surface area contributed by atoms with Crippen molar-refractivity contribution in [3.8, 4) is 0 Å². The summed E-state index contributed by atoms with van der Waals surface area (Å²) >= 11 is 1.77. The Morgan fingerprint density at radius 2 is 2.10 bits per heavy atom. The topological polar surface area (TPSA) is 37.8 Å². The molecule has 0 saturated carbocycles. The van der Waals surface area contributed by atoms with Crippen LogP contribution in [0.5, 0.6) is 0 Å². The first kappa shape index (κ1) is 13.2. The Hall–Kier alpha value is -1.78. The van der Waals surface area contributed by atoms with Crippen molar-refractivity contribution >= 4 is 21.6 Å². The lowest BCUT2D eigenvalue weighted by Crippen LogP contribution is -2.22. The molecule has 0 aliphatic heterocycles. The Kier molecular flexibility index (Phi) is 4.04. The highest BCUT2D eigenvalue weighted by Crippen LogP contribution is 2.28. The maximum atomic E-state index is 4.76. The number of nitrogens with zero attached hydrogens (tertiary/aromatic N) is 2. The molecule has 1 atom stereocenters. The van der Waals surface area contributed by atoms with Gasteiger partial charge in [0.1, 0.15) is 5.01 Å². The van der Waals surface area contributed by atoms with Gasteiger partial charge in [0.2, 0.25) is 0 Å². The number of hydrogen-bond donors (Lipinski definition) is 1. The van der Waals surface area contributed by atoms with Gasteiger partial charge in [-0.15, -0.1) is 11.3 Å². The van der Waals surface area contributed by atoms with E-state index in [1.54, 1.807) is 11.3 Å². The molecule has 3 rings (SSSR count). The van der Waals surface area contributed by atoms with Crippen LogP contribution < -0.4 is 5.32 Å². The van der Waals surface area contributed by atoms with Gasteiger partial charge in [-0.05, 0) is 36.7 Å². The fourth-order valence-corrected chi connectivity index (χ4v) is 3.33. The van der Waals surface area contributed by atoms with Gasteiger partial charge in [-0.25, -0.2) is 4.98 Å². The highest BCUT2D eigenvalue weighted by atomic mass is 32.1. The lowest BCUT2D eigenvalue weighted by atomic mass is 10.1. The lowest BCUT2D eigenvalue weighted by molar-refractivity contribution is 0.547. The van der Waals surface area contributed by atoms with E-state index in [9.17, 15) is 0 Å². The molecule has 0 aliphatic rings. The smallest absolute Gasteiger partial charge is 0.111 e. The van der Waals surface area contributed by atoms with E-state index < -0.39 is 0 Å². The molecule has 2 heterocycles. The summed E-state index contributed by atoms with van der Waals surface area (Å²) in [7, 11) is 0. The van der Waals surface area contributed by atoms with Gasteiger partial charge < -0.3 is 5.32 Å². The van der Waals surface area contributed by atoms with Crippen LogP contribution in [0.3, 0.4) is 0 Å². The fraction of sp³-hybridized carbons (Fsp3) is 0.250. The predicted molar refractivity (Wildman–Crippen MR) is 84.0 cm³/mol. The summed E-state index contributed by atoms with van der Waals surface area (Å²) in [6, 6.07) is 12.7. The number of para-hydroxylation sites is 1. The molecule has 20 heavy (non-hydrogen) atoms. The number of hydrogen-bond acceptors (Lipinski definition) is 4. The van der Waals surface area contributed by atoms with E-state index in [1.165, 1.54) is 10.3 Å². The first-order valence-corrected chi connectivity index (χ1v) is 7.66. The summed E-state index contributed by atoms with van der Waals surface area (Å²) in [6.07, 6.45) is 4.66. The summed E-state index contributed by atoms with van der Waals surface area (Å²) in [4.78, 5) is 8.95. The van der Waals surface area contributed by atoms with Gasteiger partial charge >= 0.3 is 0 Å². The molecule has 3 aromatic rings. The third-order valence-electron chi connectivity index (χ3n) is 3.22. The molecule has 0 amide bonds. The van der Waals surface area contributed by atoms with Gasteiger partial charge in [0.15, 0.2) is 0 Å². The number of aromatic nitrogens is 2. The molecular weight excluding hydrogens is 266 g/mol. The zero-order chi connectivity index (χ0) is 13.8. The van der Waals surface area contributed by atoms with Gasteiger partial charge in [-0.2, -0.15) is 0 Å². The second-order valence-corrected chi connectivity index (χ2v) is 5.76. The van der Waals surface area contributed by atoms with E-state index in [0.717, 1.165) is 23.5 Å². The Bertz CT molecular complexity index is 645. The van der Waals surface area contributed by atoms with E-state index >= 15 is 0 Å². The molecule has 102 valence electrons. The van der Waals surface area contributed by atoms with E-state index in [0.29, 0.717) is 0 Å². The molecule has 0 aliphatic carbocycles. The van der Waals surface area contributed by atoms with Crippen molar-refractivity contribution in [2.75, 3.05) is 6.54 Å². The monoisotopic (exact) mass is 283 g/mol. The second-order valence-electron chi connectivity index (χ2n) is 4.70. The summed E-state index contributed by atoms with van der Waals surface area (Å²) in [6.45, 7) is 3.06. The Morgan fingerprint density at radius 3 is 2.85 bits per heavy atom. The third kappa shape index (κ3) is 2.86. The summed E-state index contributed by atoms with van der Waals surface area (Å²) in [5, 5.41) is 4.68. The summed E-state index contributed by atoms with van der Waals surface area (Å²) < 4.78 is 1.25. The normalized spacial score (nSPS) is 12.7. The van der Waals surface area contributed by atoms with E-state index in [2.05, 4.69) is 41.5 Å². The number of rotatable bonds is 5. The van der Waals surface area contributed by atoms with Crippen LogP contribution in [0.25, 0.3) is 10.2 Å². The standard InChI is InChI=1S/C16H17N3S/c1-2-18-14(10-12-6-5-9-17-11-12)16-19-13-7-3-4-8-15(13)20-16/h3-9,11,14,18H,2,10H2,1H3. The fourth-order valence-electron chi connectivity index (χ4n) is 2.29. The number of pyridine rings is 1. The van der Waals surface area contributed by atoms with Crippen LogP contribution in [-0.4, -0.2) is 16.5 Å². The third-order valence-corrected chi connectivity index (χ3v) is 4.37. The average molecular weight is 283 g/mol. The number of benzene rings is 1. The van der Waals surface area contributed by atoms with Gasteiger partial charge in [-0.1, -0.05) is 25.1 Å². The van der Waals surface area contributed by atoms with Gasteiger partial charge in [0, 0.05) is 12.4 Å². The zero-order valence-electron chi connectivity index (χ0n) is 11.4. The largest absolute Gasteiger partial charge is 0.308 e. The van der Waals surface area contributed by atoms with E-state index in [4.69, 9.17) is 4.98 Å². The SMILES string of the molecule is CCNC(Cc1cccnc1)c1nc2ccccc2s1. The highest BCUT2D eigenvalue weighted by Gasteiger charge is 2.15. The minimum atomic E-state index is 0.251.